The number of nitrogens with one attached hydrogen (secondary N) is 2. The summed E-state index contributed by atoms with van der Waals surface area (Å²) in [4.78, 5) is 39.1. The molecule has 2 N–H and O–H groups in total. The Bertz CT molecular complexity index is 999. The van der Waals surface area contributed by atoms with E-state index in [1.54, 1.807) is 17.0 Å². The van der Waals surface area contributed by atoms with Crippen molar-refractivity contribution < 1.29 is 14.4 Å². The zero-order valence-electron chi connectivity index (χ0n) is 16.1. The monoisotopic (exact) mass is 389 g/mol. The number of hydrogen-bond donors (Lipinski definition) is 2. The summed E-state index contributed by atoms with van der Waals surface area (Å²) in [5.74, 6) is -0.632. The van der Waals surface area contributed by atoms with Crippen LogP contribution < -0.4 is 15.5 Å². The van der Waals surface area contributed by atoms with Gasteiger partial charge in [0.05, 0.1) is 0 Å². The lowest BCUT2D eigenvalue weighted by molar-refractivity contribution is -0.118. The molecule has 2 aromatic carbocycles. The van der Waals surface area contributed by atoms with Crippen LogP contribution >= 0.6 is 0 Å². The molecule has 2 heterocycles. The van der Waals surface area contributed by atoms with Crippen molar-refractivity contribution in [2.75, 3.05) is 16.8 Å². The van der Waals surface area contributed by atoms with E-state index >= 15 is 0 Å². The Morgan fingerprint density at radius 1 is 1.14 bits per heavy atom. The highest BCUT2D eigenvalue weighted by Crippen LogP contribution is 2.28. The summed E-state index contributed by atoms with van der Waals surface area (Å²) in [6.45, 7) is 4.20. The maximum absolute atomic E-state index is 12.8. The number of anilines is 2. The second kappa shape index (κ2) is 7.91. The molecular weight excluding hydrogens is 366 g/mol. The van der Waals surface area contributed by atoms with Gasteiger partial charge in [-0.1, -0.05) is 24.8 Å². The average Bonchev–Trinajstić information content (AvgIpc) is 2.90. The van der Waals surface area contributed by atoms with Gasteiger partial charge in [0.2, 0.25) is 11.8 Å². The number of amides is 3. The summed E-state index contributed by atoms with van der Waals surface area (Å²) in [6.07, 6.45) is 4.19. The molecule has 2 aromatic rings. The third-order valence-electron chi connectivity index (χ3n) is 5.50. The molecule has 0 saturated carbocycles. The number of para-hydroxylation sites is 1. The minimum Gasteiger partial charge on any atom is -0.340 e. The Hall–Kier alpha value is -3.41. The highest BCUT2D eigenvalue weighted by atomic mass is 16.2. The lowest BCUT2D eigenvalue weighted by Crippen LogP contribution is -2.43. The second-order valence-corrected chi connectivity index (χ2v) is 7.35. The summed E-state index contributed by atoms with van der Waals surface area (Å²) >= 11 is 0. The van der Waals surface area contributed by atoms with Crippen LogP contribution in [0.25, 0.3) is 0 Å². The van der Waals surface area contributed by atoms with Crippen molar-refractivity contribution in [1.82, 2.24) is 5.32 Å². The molecule has 0 saturated heterocycles. The quantitative estimate of drug-likeness (QED) is 0.793. The van der Waals surface area contributed by atoms with Gasteiger partial charge < -0.3 is 15.5 Å². The minimum atomic E-state index is -0.593. The second-order valence-electron chi connectivity index (χ2n) is 7.35. The van der Waals surface area contributed by atoms with Gasteiger partial charge >= 0.3 is 0 Å². The highest BCUT2D eigenvalue weighted by molar-refractivity contribution is 6.04. The molecule has 1 atom stereocenters. The van der Waals surface area contributed by atoms with Crippen LogP contribution in [0.2, 0.25) is 0 Å². The predicted octanol–water partition coefficient (Wildman–Crippen LogP) is 2.84. The number of benzene rings is 2. The van der Waals surface area contributed by atoms with Gasteiger partial charge in [-0.3, -0.25) is 14.4 Å². The summed E-state index contributed by atoms with van der Waals surface area (Å²) in [6, 6.07) is 12.4. The van der Waals surface area contributed by atoms with Crippen LogP contribution in [-0.4, -0.2) is 30.3 Å². The van der Waals surface area contributed by atoms with Crippen molar-refractivity contribution in [3.05, 3.63) is 71.8 Å². The number of rotatable bonds is 3. The van der Waals surface area contributed by atoms with Crippen molar-refractivity contribution in [3.63, 3.8) is 0 Å². The van der Waals surface area contributed by atoms with E-state index in [4.69, 9.17) is 0 Å². The van der Waals surface area contributed by atoms with Gasteiger partial charge in [-0.25, -0.2) is 0 Å². The Morgan fingerprint density at radius 3 is 2.79 bits per heavy atom. The molecule has 4 rings (SSSR count). The Labute approximate surface area is 169 Å². The van der Waals surface area contributed by atoms with Crippen molar-refractivity contribution in [2.45, 2.75) is 31.7 Å². The fraction of sp³-hybridized carbons (Fsp3) is 0.261. The van der Waals surface area contributed by atoms with Crippen LogP contribution in [0.15, 0.2) is 55.1 Å². The van der Waals surface area contributed by atoms with E-state index in [9.17, 15) is 14.4 Å². The maximum atomic E-state index is 12.8. The number of carbonyl (C=O) groups is 3. The van der Waals surface area contributed by atoms with E-state index < -0.39 is 6.04 Å². The van der Waals surface area contributed by atoms with Gasteiger partial charge in [-0.15, -0.1) is 0 Å². The van der Waals surface area contributed by atoms with E-state index in [-0.39, 0.29) is 17.7 Å². The topological polar surface area (TPSA) is 78.5 Å². The summed E-state index contributed by atoms with van der Waals surface area (Å²) in [7, 11) is 0. The number of carbonyl (C=O) groups excluding carboxylic acids is 3. The molecule has 0 fully saturated rings. The molecule has 3 amide bonds. The summed E-state index contributed by atoms with van der Waals surface area (Å²) < 4.78 is 0. The number of nitrogens with zero attached hydrogens (tertiary/aromatic N) is 1. The zero-order valence-corrected chi connectivity index (χ0v) is 16.1. The van der Waals surface area contributed by atoms with Crippen molar-refractivity contribution in [2.24, 2.45) is 0 Å². The lowest BCUT2D eigenvalue weighted by Gasteiger charge is -2.29. The van der Waals surface area contributed by atoms with E-state index in [1.165, 1.54) is 6.08 Å². The average molecular weight is 389 g/mol. The fourth-order valence-corrected chi connectivity index (χ4v) is 3.97. The van der Waals surface area contributed by atoms with E-state index in [1.807, 2.05) is 30.3 Å². The first-order valence-corrected chi connectivity index (χ1v) is 9.83. The number of aryl methyl sites for hydroxylation is 2. The predicted molar refractivity (Wildman–Crippen MR) is 112 cm³/mol. The van der Waals surface area contributed by atoms with E-state index in [2.05, 4.69) is 17.2 Å². The zero-order chi connectivity index (χ0) is 20.4. The molecule has 0 aliphatic carbocycles. The third kappa shape index (κ3) is 3.78. The standard InChI is InChI=1S/C23H23N3O3/c1-2-21(27)26-13-5-7-16-14-17(10-12-20(16)26)22(28)25-19-11-9-15-6-3-4-8-18(15)24-23(19)29/h2-4,6,8,10,12,14,19H,1,5,7,9,11,13H2,(H,24,29)(H,25,28). The van der Waals surface area contributed by atoms with E-state index in [0.29, 0.717) is 24.9 Å². The lowest BCUT2D eigenvalue weighted by atomic mass is 9.98. The molecule has 0 radical (unpaired) electrons. The van der Waals surface area contributed by atoms with Gasteiger partial charge in [0.25, 0.3) is 5.91 Å². The molecular formula is C23H23N3O3. The molecule has 0 bridgehead atoms. The van der Waals surface area contributed by atoms with Gasteiger partial charge in [-0.2, -0.15) is 0 Å². The van der Waals surface area contributed by atoms with Crippen molar-refractivity contribution >= 4 is 29.1 Å². The SMILES string of the molecule is C=CC(=O)N1CCCc2cc(C(=O)NC3CCc4ccccc4NC3=O)ccc21. The van der Waals surface area contributed by atoms with Crippen LogP contribution in [0.3, 0.4) is 0 Å². The van der Waals surface area contributed by atoms with Crippen LogP contribution in [-0.2, 0) is 22.4 Å². The van der Waals surface area contributed by atoms with Crippen LogP contribution in [0.1, 0.15) is 34.3 Å². The summed E-state index contributed by atoms with van der Waals surface area (Å²) in [5.41, 5.74) is 4.14. The van der Waals surface area contributed by atoms with Gasteiger partial charge in [0.15, 0.2) is 0 Å². The first-order valence-electron chi connectivity index (χ1n) is 9.83. The molecule has 0 spiro atoms. The molecule has 2 aliphatic heterocycles. The third-order valence-corrected chi connectivity index (χ3v) is 5.50. The van der Waals surface area contributed by atoms with Gasteiger partial charge in [0.1, 0.15) is 6.04 Å². The number of fused-ring (bicyclic) bond motifs is 2. The molecule has 148 valence electrons. The van der Waals surface area contributed by atoms with Gasteiger partial charge in [-0.05, 0) is 67.2 Å². The molecule has 2 aliphatic rings. The number of hydrogen-bond acceptors (Lipinski definition) is 3. The van der Waals surface area contributed by atoms with Crippen LogP contribution in [0, 0.1) is 0 Å². The Balaban J connectivity index is 1.50. The molecule has 1 unspecified atom stereocenters. The molecule has 6 nitrogen and oxygen atoms in total. The fourth-order valence-electron chi connectivity index (χ4n) is 3.97. The van der Waals surface area contributed by atoms with Crippen LogP contribution in [0.4, 0.5) is 11.4 Å². The first kappa shape index (κ1) is 18.9. The molecule has 6 heteroatoms. The van der Waals surface area contributed by atoms with E-state index in [0.717, 1.165) is 35.3 Å². The molecule has 29 heavy (non-hydrogen) atoms. The maximum Gasteiger partial charge on any atom is 0.251 e. The van der Waals surface area contributed by atoms with Crippen LogP contribution in [0.5, 0.6) is 0 Å². The van der Waals surface area contributed by atoms with Gasteiger partial charge in [0, 0.05) is 23.5 Å². The smallest absolute Gasteiger partial charge is 0.251 e. The highest BCUT2D eigenvalue weighted by Gasteiger charge is 2.26. The van der Waals surface area contributed by atoms with Crippen molar-refractivity contribution in [3.8, 4) is 0 Å². The Morgan fingerprint density at radius 2 is 1.97 bits per heavy atom. The largest absolute Gasteiger partial charge is 0.340 e. The first-order chi connectivity index (χ1) is 14.1. The Kier molecular flexibility index (Phi) is 5.16. The molecule has 0 aromatic heterocycles. The minimum absolute atomic E-state index is 0.141. The van der Waals surface area contributed by atoms with Crippen molar-refractivity contribution in [1.29, 1.82) is 0 Å². The normalized spacial score (nSPS) is 18.0. The summed E-state index contributed by atoms with van der Waals surface area (Å²) in [5, 5.41) is 5.76.